The van der Waals surface area contributed by atoms with E-state index in [1.165, 1.54) is 4.90 Å². The molecule has 2 heterocycles. The van der Waals surface area contributed by atoms with Gasteiger partial charge in [-0.15, -0.1) is 5.10 Å². The van der Waals surface area contributed by atoms with Crippen LogP contribution in [-0.2, 0) is 45.2 Å². The molecular formula is C37H47N7O8S. The van der Waals surface area contributed by atoms with Crippen LogP contribution in [0, 0.1) is 5.41 Å². The van der Waals surface area contributed by atoms with Crippen molar-refractivity contribution < 1.29 is 37.1 Å². The van der Waals surface area contributed by atoms with Crippen LogP contribution in [0.15, 0.2) is 66.9 Å². The molecule has 1 aliphatic carbocycles. The summed E-state index contributed by atoms with van der Waals surface area (Å²) in [5.41, 5.74) is 0.159. The topological polar surface area (TPSA) is 199 Å². The smallest absolute Gasteiger partial charge is 0.397 e. The van der Waals surface area contributed by atoms with Gasteiger partial charge in [-0.05, 0) is 44.6 Å². The Morgan fingerprint density at radius 1 is 0.906 bits per heavy atom. The van der Waals surface area contributed by atoms with Gasteiger partial charge in [-0.2, -0.15) is 0 Å². The molecule has 0 unspecified atom stereocenters. The van der Waals surface area contributed by atoms with E-state index >= 15 is 0 Å². The summed E-state index contributed by atoms with van der Waals surface area (Å²) in [6.07, 6.45) is 2.61. The lowest BCUT2D eigenvalue weighted by Crippen LogP contribution is -2.60. The third-order valence-electron chi connectivity index (χ3n) is 8.91. The largest absolute Gasteiger partial charge is 0.453 e. The Morgan fingerprint density at radius 2 is 1.53 bits per heavy atom. The summed E-state index contributed by atoms with van der Waals surface area (Å²) in [6.45, 7) is 9.91. The van der Waals surface area contributed by atoms with Crippen molar-refractivity contribution in [1.82, 2.24) is 35.2 Å². The molecule has 4 amide bonds. The van der Waals surface area contributed by atoms with Gasteiger partial charge in [-0.25, -0.2) is 17.9 Å². The number of sulfonamides is 1. The number of likely N-dealkylation sites (tertiary alicyclic amines) is 1. The fourth-order valence-corrected chi connectivity index (χ4v) is 7.37. The maximum Gasteiger partial charge on any atom is 0.397 e. The quantitative estimate of drug-likeness (QED) is 0.193. The standard InChI is InChI=1S/C37H47N7O8S/c1-36(2,3)30(39-33(47)35(49)52-37(4,5)6)34(48)43-21-25(44-22-28(40-42-44)24-15-11-8-12-16-24)20-29(43)32(46)38-27(19-23-13-9-7-10-14-23)31(45)41-53(50,51)26-17-18-26/h7-16,22,25-27,29-30H,17-21H2,1-6H3,(H,38,46)(H,39,47)(H,41,45)/t25-,27+,29-,30+/m0/s1. The number of nitrogens with one attached hydrogen (secondary N) is 3. The van der Waals surface area contributed by atoms with Crippen LogP contribution in [-0.4, -0.2) is 93.4 Å². The maximum atomic E-state index is 14.5. The number of rotatable bonds is 11. The highest BCUT2D eigenvalue weighted by Crippen LogP contribution is 2.32. The number of carbonyl (C=O) groups excluding carboxylic acids is 5. The summed E-state index contributed by atoms with van der Waals surface area (Å²) in [4.78, 5) is 69.3. The zero-order valence-corrected chi connectivity index (χ0v) is 31.6. The van der Waals surface area contributed by atoms with Crippen LogP contribution in [0.1, 0.15) is 72.4 Å². The van der Waals surface area contributed by atoms with Crippen LogP contribution in [0.3, 0.4) is 0 Å². The highest BCUT2D eigenvalue weighted by atomic mass is 32.2. The summed E-state index contributed by atoms with van der Waals surface area (Å²) < 4.78 is 34.4. The van der Waals surface area contributed by atoms with E-state index in [0.717, 1.165) is 5.56 Å². The first-order valence-corrected chi connectivity index (χ1v) is 19.1. The van der Waals surface area contributed by atoms with Crippen LogP contribution in [0.25, 0.3) is 11.3 Å². The Labute approximate surface area is 309 Å². The summed E-state index contributed by atoms with van der Waals surface area (Å²) in [5, 5.41) is 13.2. The third-order valence-corrected chi connectivity index (χ3v) is 10.7. The zero-order chi connectivity index (χ0) is 38.7. The van der Waals surface area contributed by atoms with Crippen LogP contribution in [0.4, 0.5) is 0 Å². The van der Waals surface area contributed by atoms with E-state index in [-0.39, 0.29) is 19.4 Å². The second-order valence-corrected chi connectivity index (χ2v) is 17.5. The normalized spacial score (nSPS) is 18.8. The van der Waals surface area contributed by atoms with Gasteiger partial charge in [0, 0.05) is 24.9 Å². The lowest BCUT2D eigenvalue weighted by Gasteiger charge is -2.35. The van der Waals surface area contributed by atoms with Crippen molar-refractivity contribution in [3.8, 4) is 11.3 Å². The summed E-state index contributed by atoms with van der Waals surface area (Å²) >= 11 is 0. The molecule has 0 radical (unpaired) electrons. The van der Waals surface area contributed by atoms with E-state index in [1.54, 1.807) is 82.8 Å². The van der Waals surface area contributed by atoms with Gasteiger partial charge in [0.05, 0.1) is 17.5 Å². The molecule has 15 nitrogen and oxygen atoms in total. The Balaban J connectivity index is 1.45. The summed E-state index contributed by atoms with van der Waals surface area (Å²) in [7, 11) is -3.94. The highest BCUT2D eigenvalue weighted by Gasteiger charge is 2.47. The fourth-order valence-electron chi connectivity index (χ4n) is 6.02. The SMILES string of the molecule is CC(C)(C)OC(=O)C(=O)N[C@H](C(=O)N1C[C@@H](n2cc(-c3ccccc3)nn2)C[C@H]1C(=O)N[C@H](Cc1ccccc1)C(=O)NS(=O)(=O)C1CC1)C(C)(C)C. The Hall–Kier alpha value is -5.12. The van der Waals surface area contributed by atoms with Crippen molar-refractivity contribution in [1.29, 1.82) is 0 Å². The number of amides is 4. The van der Waals surface area contributed by atoms with Gasteiger partial charge >= 0.3 is 11.9 Å². The number of hydrogen-bond donors (Lipinski definition) is 3. The molecule has 1 aliphatic heterocycles. The van der Waals surface area contributed by atoms with Gasteiger partial charge < -0.3 is 20.3 Å². The molecule has 3 aromatic rings. The predicted molar refractivity (Wildman–Crippen MR) is 194 cm³/mol. The minimum atomic E-state index is -3.94. The molecule has 2 aliphatic rings. The molecule has 16 heteroatoms. The summed E-state index contributed by atoms with van der Waals surface area (Å²) in [6, 6.07) is 13.8. The van der Waals surface area contributed by atoms with E-state index in [2.05, 4.69) is 25.7 Å². The zero-order valence-electron chi connectivity index (χ0n) is 30.7. The molecule has 4 atom stereocenters. The number of esters is 1. The van der Waals surface area contributed by atoms with E-state index in [4.69, 9.17) is 4.74 Å². The first-order chi connectivity index (χ1) is 24.8. The Morgan fingerprint density at radius 3 is 2.11 bits per heavy atom. The van der Waals surface area contributed by atoms with E-state index < -0.39 is 80.1 Å². The molecule has 1 aromatic heterocycles. The molecular weight excluding hydrogens is 703 g/mol. The number of carbonyl (C=O) groups is 5. The molecule has 284 valence electrons. The van der Waals surface area contributed by atoms with Crippen molar-refractivity contribution in [2.75, 3.05) is 6.54 Å². The molecule has 1 saturated heterocycles. The number of nitrogens with zero attached hydrogens (tertiary/aromatic N) is 4. The van der Waals surface area contributed by atoms with Gasteiger partial charge in [0.1, 0.15) is 29.4 Å². The van der Waals surface area contributed by atoms with Gasteiger partial charge in [0.15, 0.2) is 0 Å². The van der Waals surface area contributed by atoms with Crippen LogP contribution >= 0.6 is 0 Å². The minimum Gasteiger partial charge on any atom is -0.453 e. The van der Waals surface area contributed by atoms with Crippen molar-refractivity contribution in [3.05, 3.63) is 72.4 Å². The minimum absolute atomic E-state index is 0.0250. The number of benzene rings is 2. The van der Waals surface area contributed by atoms with E-state index in [1.807, 2.05) is 30.3 Å². The van der Waals surface area contributed by atoms with E-state index in [0.29, 0.717) is 24.1 Å². The maximum absolute atomic E-state index is 14.5. The first-order valence-electron chi connectivity index (χ1n) is 17.5. The van der Waals surface area contributed by atoms with Crippen LogP contribution in [0.5, 0.6) is 0 Å². The second kappa shape index (κ2) is 15.5. The average molecular weight is 750 g/mol. The monoisotopic (exact) mass is 749 g/mol. The third kappa shape index (κ3) is 10.1. The average Bonchev–Trinajstić information content (AvgIpc) is 3.68. The number of ether oxygens (including phenoxy) is 1. The number of aromatic nitrogens is 3. The van der Waals surface area contributed by atoms with Crippen molar-refractivity contribution in [3.63, 3.8) is 0 Å². The van der Waals surface area contributed by atoms with Crippen molar-refractivity contribution in [2.24, 2.45) is 5.41 Å². The van der Waals surface area contributed by atoms with Crippen molar-refractivity contribution in [2.45, 2.75) is 102 Å². The molecule has 2 aromatic carbocycles. The lowest BCUT2D eigenvalue weighted by molar-refractivity contribution is -0.164. The Kier molecular flexibility index (Phi) is 11.4. The molecule has 0 spiro atoms. The first kappa shape index (κ1) is 39.1. The van der Waals surface area contributed by atoms with Gasteiger partial charge in [0.25, 0.3) is 5.91 Å². The van der Waals surface area contributed by atoms with Crippen LogP contribution in [0.2, 0.25) is 0 Å². The molecule has 2 fully saturated rings. The second-order valence-electron chi connectivity index (χ2n) is 15.6. The molecule has 53 heavy (non-hydrogen) atoms. The molecule has 1 saturated carbocycles. The fraction of sp³-hybridized carbons (Fsp3) is 0.486. The Bertz CT molecular complexity index is 1930. The lowest BCUT2D eigenvalue weighted by atomic mass is 9.85. The van der Waals surface area contributed by atoms with Crippen LogP contribution < -0.4 is 15.4 Å². The van der Waals surface area contributed by atoms with E-state index in [9.17, 15) is 32.4 Å². The summed E-state index contributed by atoms with van der Waals surface area (Å²) in [5.74, 6) is -4.55. The van der Waals surface area contributed by atoms with Gasteiger partial charge in [-0.1, -0.05) is 86.6 Å². The van der Waals surface area contributed by atoms with Gasteiger partial charge in [0.2, 0.25) is 21.8 Å². The molecule has 3 N–H and O–H groups in total. The highest BCUT2D eigenvalue weighted by molar-refractivity contribution is 7.90. The van der Waals surface area contributed by atoms with Gasteiger partial charge in [-0.3, -0.25) is 23.9 Å². The van der Waals surface area contributed by atoms with Crippen molar-refractivity contribution >= 4 is 39.6 Å². The number of hydrogen-bond acceptors (Lipinski definition) is 10. The molecule has 0 bridgehead atoms. The predicted octanol–water partition coefficient (Wildman–Crippen LogP) is 2.30. The molecule has 5 rings (SSSR count).